The number of hydrogen-bond acceptors (Lipinski definition) is 7. The van der Waals surface area contributed by atoms with Gasteiger partial charge in [0.05, 0.1) is 26.0 Å². The monoisotopic (exact) mass is 359 g/mol. The van der Waals surface area contributed by atoms with Gasteiger partial charge in [-0.1, -0.05) is 23.5 Å². The molecule has 0 aliphatic rings. The molecule has 2 N–H and O–H groups in total. The van der Waals surface area contributed by atoms with Gasteiger partial charge in [-0.3, -0.25) is 15.6 Å². The number of hydrazine groups is 1. The lowest BCUT2D eigenvalue weighted by Crippen LogP contribution is -2.30. The predicted octanol–water partition coefficient (Wildman–Crippen LogP) is 3.08. The number of hydrogen-bond donors (Lipinski definition) is 2. The molecule has 0 fully saturated rings. The van der Waals surface area contributed by atoms with Crippen molar-refractivity contribution >= 4 is 32.6 Å². The van der Waals surface area contributed by atoms with Crippen LogP contribution < -0.4 is 25.1 Å². The second-order valence-corrected chi connectivity index (χ2v) is 5.97. The standard InChI is InChI=1S/C17H17N3O4S/c1-22-10-6-4-7-11(23-2)14(10)16(21)19-20-17-18-15-12(24-3)8-5-9-13(15)25-17/h4-9H,1-3H3,(H,18,20)(H,19,21). The summed E-state index contributed by atoms with van der Waals surface area (Å²) in [5.41, 5.74) is 6.49. The van der Waals surface area contributed by atoms with Gasteiger partial charge >= 0.3 is 0 Å². The fourth-order valence-electron chi connectivity index (χ4n) is 2.39. The van der Waals surface area contributed by atoms with E-state index < -0.39 is 0 Å². The lowest BCUT2D eigenvalue weighted by molar-refractivity contribution is 0.0956. The Hall–Kier alpha value is -3.00. The zero-order valence-corrected chi connectivity index (χ0v) is 14.8. The number of para-hydroxylation sites is 1. The molecule has 0 spiro atoms. The third kappa shape index (κ3) is 3.29. The highest BCUT2D eigenvalue weighted by Crippen LogP contribution is 2.32. The van der Waals surface area contributed by atoms with Crippen LogP contribution in [0.25, 0.3) is 10.2 Å². The van der Waals surface area contributed by atoms with Crippen LogP contribution in [0.3, 0.4) is 0 Å². The number of rotatable bonds is 6. The third-order valence-corrected chi connectivity index (χ3v) is 4.48. The van der Waals surface area contributed by atoms with Crippen LogP contribution in [0.1, 0.15) is 10.4 Å². The van der Waals surface area contributed by atoms with Gasteiger partial charge in [0.2, 0.25) is 5.13 Å². The number of carbonyl (C=O) groups excluding carboxylic acids is 1. The smallest absolute Gasteiger partial charge is 0.277 e. The van der Waals surface area contributed by atoms with E-state index in [9.17, 15) is 4.79 Å². The zero-order chi connectivity index (χ0) is 17.8. The Morgan fingerprint density at radius 1 is 0.960 bits per heavy atom. The van der Waals surface area contributed by atoms with Crippen LogP contribution in [0, 0.1) is 0 Å². The molecule has 2 aromatic carbocycles. The average Bonchev–Trinajstić information content (AvgIpc) is 3.08. The Labute approximate surface area is 148 Å². The second-order valence-electron chi connectivity index (χ2n) is 4.94. The van der Waals surface area contributed by atoms with E-state index >= 15 is 0 Å². The Kier molecular flexibility index (Phi) is 4.90. The summed E-state index contributed by atoms with van der Waals surface area (Å²) in [6, 6.07) is 10.8. The molecule has 8 heteroatoms. The topological polar surface area (TPSA) is 81.7 Å². The number of benzene rings is 2. The van der Waals surface area contributed by atoms with Crippen LogP contribution in [-0.4, -0.2) is 32.2 Å². The van der Waals surface area contributed by atoms with Gasteiger partial charge in [0.1, 0.15) is 28.3 Å². The van der Waals surface area contributed by atoms with Gasteiger partial charge in [-0.05, 0) is 24.3 Å². The van der Waals surface area contributed by atoms with Gasteiger partial charge in [0, 0.05) is 0 Å². The normalized spacial score (nSPS) is 10.4. The van der Waals surface area contributed by atoms with Gasteiger partial charge in [0.15, 0.2) is 0 Å². The van der Waals surface area contributed by atoms with Gasteiger partial charge in [-0.25, -0.2) is 4.98 Å². The van der Waals surface area contributed by atoms with E-state index in [1.165, 1.54) is 25.6 Å². The molecule has 130 valence electrons. The van der Waals surface area contributed by atoms with Crippen molar-refractivity contribution in [3.8, 4) is 17.2 Å². The van der Waals surface area contributed by atoms with Crippen molar-refractivity contribution in [2.24, 2.45) is 0 Å². The molecule has 1 aromatic heterocycles. The Morgan fingerprint density at radius 2 is 1.56 bits per heavy atom. The highest BCUT2D eigenvalue weighted by molar-refractivity contribution is 7.22. The summed E-state index contributed by atoms with van der Waals surface area (Å²) in [5.74, 6) is 1.13. The fraction of sp³-hybridized carbons (Fsp3) is 0.176. The molecule has 3 aromatic rings. The number of anilines is 1. The molecule has 0 saturated carbocycles. The first-order valence-corrected chi connectivity index (χ1v) is 8.20. The van der Waals surface area contributed by atoms with E-state index in [4.69, 9.17) is 14.2 Å². The maximum atomic E-state index is 12.5. The van der Waals surface area contributed by atoms with Crippen molar-refractivity contribution in [2.75, 3.05) is 26.8 Å². The van der Waals surface area contributed by atoms with Crippen molar-refractivity contribution < 1.29 is 19.0 Å². The lowest BCUT2D eigenvalue weighted by Gasteiger charge is -2.13. The summed E-state index contributed by atoms with van der Waals surface area (Å²) >= 11 is 1.40. The van der Waals surface area contributed by atoms with Crippen LogP contribution in [-0.2, 0) is 0 Å². The van der Waals surface area contributed by atoms with Crippen LogP contribution in [0.5, 0.6) is 17.2 Å². The summed E-state index contributed by atoms with van der Waals surface area (Å²) in [6.45, 7) is 0. The average molecular weight is 359 g/mol. The molecule has 0 saturated heterocycles. The molecule has 3 rings (SSSR count). The summed E-state index contributed by atoms with van der Waals surface area (Å²) < 4.78 is 16.7. The highest BCUT2D eigenvalue weighted by atomic mass is 32.1. The first-order valence-electron chi connectivity index (χ1n) is 7.38. The number of aromatic nitrogens is 1. The quantitative estimate of drug-likeness (QED) is 0.658. The van der Waals surface area contributed by atoms with Crippen molar-refractivity contribution in [1.29, 1.82) is 0 Å². The summed E-state index contributed by atoms with van der Waals surface area (Å²) in [6.07, 6.45) is 0. The van der Waals surface area contributed by atoms with E-state index in [-0.39, 0.29) is 5.91 Å². The molecule has 0 bridgehead atoms. The number of amides is 1. The number of methoxy groups -OCH3 is 3. The number of ether oxygens (including phenoxy) is 3. The number of carbonyl (C=O) groups is 1. The Bertz CT molecular complexity index is 888. The van der Waals surface area contributed by atoms with Crippen LogP contribution in [0.15, 0.2) is 36.4 Å². The maximum absolute atomic E-state index is 12.5. The number of thiazole rings is 1. The first-order chi connectivity index (χ1) is 12.2. The largest absolute Gasteiger partial charge is 0.496 e. The van der Waals surface area contributed by atoms with Crippen molar-refractivity contribution in [3.05, 3.63) is 42.0 Å². The van der Waals surface area contributed by atoms with Crippen molar-refractivity contribution in [2.45, 2.75) is 0 Å². The van der Waals surface area contributed by atoms with Crippen LogP contribution in [0.4, 0.5) is 5.13 Å². The van der Waals surface area contributed by atoms with Crippen LogP contribution >= 0.6 is 11.3 Å². The van der Waals surface area contributed by atoms with E-state index in [0.29, 0.717) is 27.9 Å². The molecule has 1 amide bonds. The SMILES string of the molecule is COc1cccc(OC)c1C(=O)NNc1nc2c(OC)cccc2s1. The zero-order valence-electron chi connectivity index (χ0n) is 14.0. The van der Waals surface area contributed by atoms with E-state index in [1.54, 1.807) is 25.3 Å². The highest BCUT2D eigenvalue weighted by Gasteiger charge is 2.18. The maximum Gasteiger partial charge on any atom is 0.277 e. The molecule has 25 heavy (non-hydrogen) atoms. The minimum Gasteiger partial charge on any atom is -0.496 e. The first kappa shape index (κ1) is 16.8. The third-order valence-electron chi connectivity index (χ3n) is 3.54. The molecule has 7 nitrogen and oxygen atoms in total. The molecule has 1 heterocycles. The molecule has 0 atom stereocenters. The Balaban J connectivity index is 1.81. The molecule has 0 aliphatic heterocycles. The van der Waals surface area contributed by atoms with Crippen molar-refractivity contribution in [3.63, 3.8) is 0 Å². The van der Waals surface area contributed by atoms with Gasteiger partial charge in [0.25, 0.3) is 5.91 Å². The van der Waals surface area contributed by atoms with E-state index in [1.807, 2.05) is 18.2 Å². The van der Waals surface area contributed by atoms with Gasteiger partial charge < -0.3 is 14.2 Å². The number of fused-ring (bicyclic) bond motifs is 1. The minimum atomic E-state index is -0.388. The predicted molar refractivity (Wildman–Crippen MR) is 96.8 cm³/mol. The summed E-state index contributed by atoms with van der Waals surface area (Å²) in [5, 5.41) is 0.543. The van der Waals surface area contributed by atoms with Crippen molar-refractivity contribution in [1.82, 2.24) is 10.4 Å². The number of nitrogens with zero attached hydrogens (tertiary/aromatic N) is 1. The Morgan fingerprint density at radius 3 is 2.20 bits per heavy atom. The molecular formula is C17H17N3O4S. The summed E-state index contributed by atoms with van der Waals surface area (Å²) in [7, 11) is 4.59. The molecular weight excluding hydrogens is 342 g/mol. The lowest BCUT2D eigenvalue weighted by atomic mass is 10.1. The van der Waals surface area contributed by atoms with Gasteiger partial charge in [-0.15, -0.1) is 0 Å². The molecule has 0 radical (unpaired) electrons. The number of nitrogens with one attached hydrogen (secondary N) is 2. The molecule has 0 unspecified atom stereocenters. The van der Waals surface area contributed by atoms with E-state index in [2.05, 4.69) is 15.8 Å². The fourth-order valence-corrected chi connectivity index (χ4v) is 3.23. The van der Waals surface area contributed by atoms with Crippen LogP contribution in [0.2, 0.25) is 0 Å². The molecule has 0 aliphatic carbocycles. The summed E-state index contributed by atoms with van der Waals surface area (Å²) in [4.78, 5) is 17.0. The minimum absolute atomic E-state index is 0.304. The second kappa shape index (κ2) is 7.27. The van der Waals surface area contributed by atoms with E-state index in [0.717, 1.165) is 10.2 Å². The van der Waals surface area contributed by atoms with Gasteiger partial charge in [-0.2, -0.15) is 0 Å².